The van der Waals surface area contributed by atoms with Crippen LogP contribution in [0.25, 0.3) is 0 Å². The fourth-order valence-electron chi connectivity index (χ4n) is 1.29. The quantitative estimate of drug-likeness (QED) is 0.740. The molecule has 0 aliphatic rings. The summed E-state index contributed by atoms with van der Waals surface area (Å²) in [4.78, 5) is 15.3. The second kappa shape index (κ2) is 6.68. The van der Waals surface area contributed by atoms with Gasteiger partial charge in [-0.3, -0.25) is 4.57 Å². The lowest BCUT2D eigenvalue weighted by Gasteiger charge is -2.06. The lowest BCUT2D eigenvalue weighted by Crippen LogP contribution is -2.23. The van der Waals surface area contributed by atoms with E-state index in [0.717, 1.165) is 0 Å². The summed E-state index contributed by atoms with van der Waals surface area (Å²) in [5, 5.41) is 8.92. The number of aliphatic hydroxyl groups excluding tert-OH is 1. The first-order valence-electron chi connectivity index (χ1n) is 5.40. The molecule has 0 atom stereocenters. The number of hydrogen-bond donors (Lipinski definition) is 1. The molecule has 0 saturated heterocycles. The second-order valence-corrected chi connectivity index (χ2v) is 3.36. The highest BCUT2D eigenvalue weighted by atomic mass is 16.5. The van der Waals surface area contributed by atoms with Crippen LogP contribution >= 0.6 is 0 Å². The third kappa shape index (κ3) is 3.90. The highest BCUT2D eigenvalue weighted by molar-refractivity contribution is 5.06. The maximum absolute atomic E-state index is 11.6. The van der Waals surface area contributed by atoms with Crippen LogP contribution < -0.4 is 10.4 Å². The summed E-state index contributed by atoms with van der Waals surface area (Å²) < 4.78 is 6.57. The molecule has 0 aromatic carbocycles. The minimum absolute atomic E-state index is 0.0945. The Morgan fingerprint density at radius 2 is 2.47 bits per heavy atom. The molecule has 1 aromatic heterocycles. The average molecular weight is 236 g/mol. The molecule has 92 valence electrons. The van der Waals surface area contributed by atoms with Gasteiger partial charge in [0.15, 0.2) is 0 Å². The molecule has 1 rings (SSSR count). The van der Waals surface area contributed by atoms with E-state index in [4.69, 9.17) is 9.84 Å². The first-order valence-corrected chi connectivity index (χ1v) is 5.40. The molecule has 0 aliphatic heterocycles. The van der Waals surface area contributed by atoms with Crippen molar-refractivity contribution in [2.24, 2.45) is 0 Å². The van der Waals surface area contributed by atoms with Crippen molar-refractivity contribution in [2.45, 2.75) is 19.9 Å². The molecule has 5 heteroatoms. The van der Waals surface area contributed by atoms with Crippen LogP contribution in [0, 0.1) is 0 Å². The van der Waals surface area contributed by atoms with E-state index in [-0.39, 0.29) is 12.3 Å². The van der Waals surface area contributed by atoms with E-state index < -0.39 is 0 Å². The molecule has 0 saturated carbocycles. The van der Waals surface area contributed by atoms with Gasteiger partial charge in [-0.05, 0) is 18.9 Å². The van der Waals surface area contributed by atoms with Gasteiger partial charge in [0.25, 0.3) is 0 Å². The molecule has 1 heterocycles. The van der Waals surface area contributed by atoms with Crippen LogP contribution in [0.1, 0.15) is 13.3 Å². The van der Waals surface area contributed by atoms with Crippen molar-refractivity contribution in [3.05, 3.63) is 40.6 Å². The van der Waals surface area contributed by atoms with Crippen molar-refractivity contribution in [3.8, 4) is 5.88 Å². The Morgan fingerprint density at radius 3 is 3.00 bits per heavy atom. The van der Waals surface area contributed by atoms with Gasteiger partial charge in [0.2, 0.25) is 5.88 Å². The van der Waals surface area contributed by atoms with E-state index in [9.17, 15) is 4.79 Å². The minimum Gasteiger partial charge on any atom is -0.478 e. The van der Waals surface area contributed by atoms with E-state index >= 15 is 0 Å². The molecule has 5 nitrogen and oxygen atoms in total. The molecule has 0 radical (unpaired) electrons. The van der Waals surface area contributed by atoms with Crippen LogP contribution in [0.15, 0.2) is 34.9 Å². The summed E-state index contributed by atoms with van der Waals surface area (Å²) in [5.41, 5.74) is 2.94. The molecule has 0 fully saturated rings. The number of aromatic nitrogens is 2. The van der Waals surface area contributed by atoms with Crippen molar-refractivity contribution in [1.82, 2.24) is 9.55 Å². The third-order valence-electron chi connectivity index (χ3n) is 2.24. The number of aliphatic hydroxyl groups is 1. The molecule has 0 spiro atoms. The highest BCUT2D eigenvalue weighted by Crippen LogP contribution is 2.03. The van der Waals surface area contributed by atoms with Gasteiger partial charge in [0.1, 0.15) is 0 Å². The van der Waals surface area contributed by atoms with Gasteiger partial charge in [0, 0.05) is 18.8 Å². The number of nitrogens with zero attached hydrogens (tertiary/aromatic N) is 2. The van der Waals surface area contributed by atoms with Crippen LogP contribution in [-0.4, -0.2) is 27.9 Å². The summed E-state index contributed by atoms with van der Waals surface area (Å²) >= 11 is 0. The largest absolute Gasteiger partial charge is 0.478 e. The van der Waals surface area contributed by atoms with Gasteiger partial charge in [-0.2, -0.15) is 4.98 Å². The molecular formula is C12H16N2O3. The first kappa shape index (κ1) is 13.2. The van der Waals surface area contributed by atoms with Crippen molar-refractivity contribution >= 4 is 0 Å². The van der Waals surface area contributed by atoms with E-state index in [0.29, 0.717) is 31.0 Å². The summed E-state index contributed by atoms with van der Waals surface area (Å²) in [5.74, 6) is 0.329. The van der Waals surface area contributed by atoms with Gasteiger partial charge >= 0.3 is 5.69 Å². The maximum Gasteiger partial charge on any atom is 0.350 e. The van der Waals surface area contributed by atoms with Crippen LogP contribution in [0.3, 0.4) is 0 Å². The van der Waals surface area contributed by atoms with Crippen LogP contribution in [0.5, 0.6) is 5.88 Å². The third-order valence-corrected chi connectivity index (χ3v) is 2.24. The van der Waals surface area contributed by atoms with Gasteiger partial charge in [0.05, 0.1) is 13.2 Å². The normalized spacial score (nSPS) is 9.76. The molecule has 1 aromatic rings. The van der Waals surface area contributed by atoms with E-state index in [1.807, 2.05) is 6.92 Å². The predicted molar refractivity (Wildman–Crippen MR) is 64.0 cm³/mol. The van der Waals surface area contributed by atoms with Crippen molar-refractivity contribution in [3.63, 3.8) is 0 Å². The highest BCUT2D eigenvalue weighted by Gasteiger charge is 2.01. The minimum atomic E-state index is -0.364. The Labute approximate surface area is 99.7 Å². The van der Waals surface area contributed by atoms with Crippen molar-refractivity contribution in [1.29, 1.82) is 0 Å². The van der Waals surface area contributed by atoms with Gasteiger partial charge in [-0.1, -0.05) is 6.58 Å². The zero-order chi connectivity index (χ0) is 12.7. The fraction of sp³-hybridized carbons (Fsp3) is 0.417. The van der Waals surface area contributed by atoms with E-state index in [1.54, 1.807) is 12.3 Å². The Bertz CT molecular complexity index is 473. The number of aryl methyl sites for hydroxylation is 1. The van der Waals surface area contributed by atoms with Crippen LogP contribution in [0.2, 0.25) is 0 Å². The Morgan fingerprint density at radius 1 is 1.71 bits per heavy atom. The summed E-state index contributed by atoms with van der Waals surface area (Å²) in [6.07, 6.45) is 2.15. The van der Waals surface area contributed by atoms with Crippen molar-refractivity contribution in [2.75, 3.05) is 13.2 Å². The van der Waals surface area contributed by atoms with Crippen LogP contribution in [0.4, 0.5) is 0 Å². The molecular weight excluding hydrogens is 220 g/mol. The summed E-state index contributed by atoms with van der Waals surface area (Å²) in [6.45, 7) is 6.11. The Kier molecular flexibility index (Phi) is 5.20. The number of hydrogen-bond acceptors (Lipinski definition) is 4. The topological polar surface area (TPSA) is 64.3 Å². The Hall–Kier alpha value is -1.84. The standard InChI is InChI=1S/C12H16N2O3/c1-3-10(9-15)5-7-14-8-6-11(17-4-2)13-12(14)16/h6,8,15H,1,4-5,7,9H2,2H3. The summed E-state index contributed by atoms with van der Waals surface area (Å²) in [6, 6.07) is 1.64. The first-order chi connectivity index (χ1) is 8.21. The maximum atomic E-state index is 11.6. The second-order valence-electron chi connectivity index (χ2n) is 3.36. The lowest BCUT2D eigenvalue weighted by molar-refractivity contribution is 0.320. The van der Waals surface area contributed by atoms with Gasteiger partial charge in [-0.15, -0.1) is 5.73 Å². The monoisotopic (exact) mass is 236 g/mol. The summed E-state index contributed by atoms with van der Waals surface area (Å²) in [7, 11) is 0. The Balaban J connectivity index is 2.73. The zero-order valence-electron chi connectivity index (χ0n) is 9.85. The van der Waals surface area contributed by atoms with Gasteiger partial charge < -0.3 is 9.84 Å². The van der Waals surface area contributed by atoms with E-state index in [1.165, 1.54) is 4.57 Å². The van der Waals surface area contributed by atoms with Crippen molar-refractivity contribution < 1.29 is 9.84 Å². The van der Waals surface area contributed by atoms with Gasteiger partial charge in [-0.25, -0.2) is 4.79 Å². The fourth-order valence-corrected chi connectivity index (χ4v) is 1.29. The molecule has 0 amide bonds. The smallest absolute Gasteiger partial charge is 0.350 e. The number of rotatable bonds is 6. The lowest BCUT2D eigenvalue weighted by atomic mass is 10.2. The molecule has 0 unspecified atom stereocenters. The number of ether oxygens (including phenoxy) is 1. The van der Waals surface area contributed by atoms with Crippen LogP contribution in [-0.2, 0) is 6.54 Å². The average Bonchev–Trinajstić information content (AvgIpc) is 2.33. The molecule has 17 heavy (non-hydrogen) atoms. The SMILES string of the molecule is C=C=C(CO)CCn1ccc(OCC)nc1=O. The molecule has 0 bridgehead atoms. The van der Waals surface area contributed by atoms with E-state index in [2.05, 4.69) is 17.3 Å². The zero-order valence-corrected chi connectivity index (χ0v) is 9.85. The molecule has 1 N–H and O–H groups in total. The predicted octanol–water partition coefficient (Wildman–Crippen LogP) is 0.736. The molecule has 0 aliphatic carbocycles.